The summed E-state index contributed by atoms with van der Waals surface area (Å²) in [6.07, 6.45) is -0.0481. The lowest BCUT2D eigenvalue weighted by molar-refractivity contribution is -0.299. The normalized spacial score (nSPS) is 9.58. The van der Waals surface area contributed by atoms with E-state index in [1.54, 1.807) is 0 Å². The monoisotopic (exact) mass is 177 g/mol. The van der Waals surface area contributed by atoms with Crippen molar-refractivity contribution < 1.29 is 18.7 Å². The molecular weight excluding hydrogens is 166 g/mol. The van der Waals surface area contributed by atoms with E-state index in [4.69, 9.17) is 0 Å². The smallest absolute Gasteiger partial charge is 0.0931 e. The molecule has 0 aromatic heterocycles. The molecule has 4 heteroatoms. The molecule has 0 heterocycles. The number of carboxylic acids is 1. The Labute approximate surface area is 69.9 Å². The summed E-state index contributed by atoms with van der Waals surface area (Å²) >= 11 is 0. The van der Waals surface area contributed by atoms with Crippen LogP contribution < -0.4 is 5.11 Å². The molecule has 0 atom stereocenters. The maximum Gasteiger partial charge on any atom is 0.0931 e. The highest BCUT2D eigenvalue weighted by atomic mass is 19.1. The van der Waals surface area contributed by atoms with Crippen LogP contribution in [-0.2, 0) is 4.79 Å². The number of hydrogen-bond acceptors (Lipinski definition) is 2. The Balaban J connectivity index is 4.43. The summed E-state index contributed by atoms with van der Waals surface area (Å²) in [5.74, 6) is -1.35. The summed E-state index contributed by atoms with van der Waals surface area (Å²) in [6, 6.07) is 0. The number of carbonyl (C=O) groups is 1. The average Bonchev–Trinajstić information content (AvgIpc) is 2.03. The van der Waals surface area contributed by atoms with E-state index in [9.17, 15) is 18.7 Å². The van der Waals surface area contributed by atoms with Gasteiger partial charge in [-0.3, -0.25) is 8.78 Å². The van der Waals surface area contributed by atoms with Crippen molar-refractivity contribution in [3.63, 3.8) is 0 Å². The second kappa shape index (κ2) is 5.69. The highest BCUT2D eigenvalue weighted by Crippen LogP contribution is 2.13. The van der Waals surface area contributed by atoms with E-state index >= 15 is 0 Å². The first-order valence-corrected chi connectivity index (χ1v) is 3.65. The Bertz CT molecular complexity index is 179. The average molecular weight is 177 g/mol. The number of rotatable bonds is 5. The fraction of sp³-hybridized carbons (Fsp3) is 0.625. The third kappa shape index (κ3) is 3.46. The third-order valence-corrected chi connectivity index (χ3v) is 1.63. The molecule has 0 aromatic carbocycles. The summed E-state index contributed by atoms with van der Waals surface area (Å²) < 4.78 is 23.6. The van der Waals surface area contributed by atoms with E-state index < -0.39 is 19.3 Å². The lowest BCUT2D eigenvalue weighted by Gasteiger charge is -2.09. The van der Waals surface area contributed by atoms with E-state index in [2.05, 4.69) is 0 Å². The topological polar surface area (TPSA) is 40.1 Å². The summed E-state index contributed by atoms with van der Waals surface area (Å²) in [5.41, 5.74) is 0.241. The maximum atomic E-state index is 11.8. The fourth-order valence-electron chi connectivity index (χ4n) is 0.872. The number of carbonyl (C=O) groups excluding carboxylic acids is 1. The first-order valence-electron chi connectivity index (χ1n) is 3.65. The number of aliphatic carboxylic acids is 1. The summed E-state index contributed by atoms with van der Waals surface area (Å²) in [7, 11) is 0. The Hall–Kier alpha value is -0.930. The van der Waals surface area contributed by atoms with Gasteiger partial charge >= 0.3 is 0 Å². The largest absolute Gasteiger partial charge is 0.545 e. The van der Waals surface area contributed by atoms with E-state index in [1.807, 2.05) is 0 Å². The first-order chi connectivity index (χ1) is 5.63. The van der Waals surface area contributed by atoms with Gasteiger partial charge in [-0.1, -0.05) is 5.57 Å². The predicted molar refractivity (Wildman–Crippen MR) is 38.9 cm³/mol. The van der Waals surface area contributed by atoms with Gasteiger partial charge in [0.2, 0.25) is 0 Å². The van der Waals surface area contributed by atoms with E-state index in [0.717, 1.165) is 0 Å². The predicted octanol–water partition coefficient (Wildman–Crippen LogP) is 0.772. The summed E-state index contributed by atoms with van der Waals surface area (Å²) in [4.78, 5) is 10.3. The van der Waals surface area contributed by atoms with Crippen molar-refractivity contribution in [1.82, 2.24) is 0 Å². The van der Waals surface area contributed by atoms with Crippen LogP contribution in [0.4, 0.5) is 8.78 Å². The molecule has 0 unspecified atom stereocenters. The van der Waals surface area contributed by atoms with Crippen molar-refractivity contribution in [3.05, 3.63) is 11.1 Å². The number of alkyl halides is 2. The van der Waals surface area contributed by atoms with Gasteiger partial charge in [-0.05, 0) is 25.3 Å². The Morgan fingerprint density at radius 3 is 1.92 bits per heavy atom. The zero-order valence-corrected chi connectivity index (χ0v) is 6.90. The Kier molecular flexibility index (Phi) is 5.25. The van der Waals surface area contributed by atoms with Crippen LogP contribution in [0.3, 0.4) is 0 Å². The number of halogens is 2. The molecule has 0 radical (unpaired) electrons. The molecule has 2 nitrogen and oxygen atoms in total. The molecule has 0 aliphatic heterocycles. The van der Waals surface area contributed by atoms with Crippen molar-refractivity contribution >= 4 is 5.97 Å². The Morgan fingerprint density at radius 2 is 1.67 bits per heavy atom. The quantitative estimate of drug-likeness (QED) is 0.582. The fourth-order valence-corrected chi connectivity index (χ4v) is 0.872. The molecule has 0 saturated carbocycles. The van der Waals surface area contributed by atoms with Crippen LogP contribution in [0.1, 0.15) is 19.8 Å². The molecule has 70 valence electrons. The van der Waals surface area contributed by atoms with Crippen LogP contribution in [0.25, 0.3) is 0 Å². The molecule has 0 spiro atoms. The molecule has 0 saturated heterocycles. The van der Waals surface area contributed by atoms with E-state index in [-0.39, 0.29) is 18.4 Å². The lowest BCUT2D eigenvalue weighted by Crippen LogP contribution is -2.24. The molecular formula is C8H11F2O2-. The molecule has 0 aliphatic carbocycles. The summed E-state index contributed by atoms with van der Waals surface area (Å²) in [6.45, 7) is -0.0319. The van der Waals surface area contributed by atoms with Crippen LogP contribution in [0, 0.1) is 0 Å². The molecule has 0 fully saturated rings. The second-order valence-electron chi connectivity index (χ2n) is 2.39. The van der Waals surface area contributed by atoms with Crippen LogP contribution in [-0.4, -0.2) is 19.3 Å². The van der Waals surface area contributed by atoms with Crippen LogP contribution in [0.5, 0.6) is 0 Å². The van der Waals surface area contributed by atoms with Gasteiger partial charge in [0.15, 0.2) is 0 Å². The van der Waals surface area contributed by atoms with Gasteiger partial charge < -0.3 is 9.90 Å². The highest BCUT2D eigenvalue weighted by Gasteiger charge is 2.03. The number of hydrogen-bond donors (Lipinski definition) is 0. The van der Waals surface area contributed by atoms with Gasteiger partial charge in [-0.2, -0.15) is 0 Å². The van der Waals surface area contributed by atoms with E-state index in [1.165, 1.54) is 6.92 Å². The van der Waals surface area contributed by atoms with Gasteiger partial charge in [0.05, 0.1) is 19.3 Å². The molecule has 0 aliphatic rings. The Morgan fingerprint density at radius 1 is 1.25 bits per heavy atom. The van der Waals surface area contributed by atoms with Crippen LogP contribution >= 0.6 is 0 Å². The minimum Gasteiger partial charge on any atom is -0.545 e. The van der Waals surface area contributed by atoms with Crippen molar-refractivity contribution in [2.45, 2.75) is 19.8 Å². The molecule has 0 rings (SSSR count). The first kappa shape index (κ1) is 11.1. The van der Waals surface area contributed by atoms with Gasteiger partial charge in [-0.25, -0.2) is 0 Å². The van der Waals surface area contributed by atoms with Gasteiger partial charge in [0, 0.05) is 0 Å². The third-order valence-electron chi connectivity index (χ3n) is 1.63. The van der Waals surface area contributed by atoms with Crippen molar-refractivity contribution in [2.24, 2.45) is 0 Å². The molecule has 0 amide bonds. The zero-order valence-electron chi connectivity index (χ0n) is 6.90. The van der Waals surface area contributed by atoms with E-state index in [0.29, 0.717) is 5.57 Å². The highest BCUT2D eigenvalue weighted by molar-refractivity contribution is 5.84. The standard InChI is InChI=1S/C8H12F2O2/c1-6(8(11)12)7(2-4-9)3-5-10/h2-5H2,1H3,(H,11,12)/p-1. The van der Waals surface area contributed by atoms with Gasteiger partial charge in [-0.15, -0.1) is 0 Å². The molecule has 0 aromatic rings. The SMILES string of the molecule is CC(C(=O)[O-])=C(CCF)CCF. The number of carboxylic acid groups (broad SMARTS) is 1. The minimum absolute atomic E-state index is 0.0241. The minimum atomic E-state index is -1.35. The van der Waals surface area contributed by atoms with Crippen molar-refractivity contribution in [1.29, 1.82) is 0 Å². The van der Waals surface area contributed by atoms with Crippen molar-refractivity contribution in [3.8, 4) is 0 Å². The molecule has 0 bridgehead atoms. The second-order valence-corrected chi connectivity index (χ2v) is 2.39. The zero-order chi connectivity index (χ0) is 9.56. The van der Waals surface area contributed by atoms with Crippen LogP contribution in [0.2, 0.25) is 0 Å². The maximum absolute atomic E-state index is 11.8. The molecule has 12 heavy (non-hydrogen) atoms. The summed E-state index contributed by atoms with van der Waals surface area (Å²) in [5, 5.41) is 10.3. The van der Waals surface area contributed by atoms with Gasteiger partial charge in [0.25, 0.3) is 0 Å². The van der Waals surface area contributed by atoms with Gasteiger partial charge in [0.1, 0.15) is 0 Å². The lowest BCUT2D eigenvalue weighted by atomic mass is 10.0. The number of allylic oxidation sites excluding steroid dienone is 1. The molecule has 0 N–H and O–H groups in total. The van der Waals surface area contributed by atoms with Crippen LogP contribution in [0.15, 0.2) is 11.1 Å². The van der Waals surface area contributed by atoms with Crippen molar-refractivity contribution in [2.75, 3.05) is 13.3 Å².